The van der Waals surface area contributed by atoms with Crippen LogP contribution in [0.3, 0.4) is 0 Å². The van der Waals surface area contributed by atoms with Crippen molar-refractivity contribution < 1.29 is 0 Å². The van der Waals surface area contributed by atoms with E-state index in [4.69, 9.17) is 0 Å². The summed E-state index contributed by atoms with van der Waals surface area (Å²) in [6, 6.07) is 0. The van der Waals surface area contributed by atoms with E-state index in [1.807, 2.05) is 0 Å². The first kappa shape index (κ1) is 14.1. The summed E-state index contributed by atoms with van der Waals surface area (Å²) in [5.74, 6) is 0. The lowest BCUT2D eigenvalue weighted by Crippen LogP contribution is -2.26. The minimum Gasteiger partial charge on any atom is -0.316 e. The van der Waals surface area contributed by atoms with E-state index in [2.05, 4.69) is 51.9 Å². The number of nitrogens with one attached hydrogen (secondary N) is 1. The molecule has 0 amide bonds. The van der Waals surface area contributed by atoms with E-state index in [1.54, 1.807) is 0 Å². The molecule has 1 aliphatic rings. The van der Waals surface area contributed by atoms with Crippen LogP contribution in [0.5, 0.6) is 0 Å². The molecule has 1 aromatic rings. The first-order valence-electron chi connectivity index (χ1n) is 7.03. The first-order valence-corrected chi connectivity index (χ1v) is 7.82. The van der Waals surface area contributed by atoms with Crippen molar-refractivity contribution in [3.63, 3.8) is 0 Å². The van der Waals surface area contributed by atoms with Crippen LogP contribution in [0, 0.1) is 5.41 Å². The van der Waals surface area contributed by atoms with Gasteiger partial charge in [-0.05, 0) is 60.0 Å². The Balaban J connectivity index is 2.03. The largest absolute Gasteiger partial charge is 0.316 e. The third-order valence-corrected chi connectivity index (χ3v) is 4.84. The highest BCUT2D eigenvalue weighted by atomic mass is 79.9. The van der Waals surface area contributed by atoms with Crippen LogP contribution < -0.4 is 5.32 Å². The Morgan fingerprint density at radius 1 is 1.39 bits per heavy atom. The normalized spacial score (nSPS) is 17.1. The number of aryl methyl sites for hydroxylation is 2. The summed E-state index contributed by atoms with van der Waals surface area (Å²) in [5, 5.41) is 8.16. The molecule has 0 saturated heterocycles. The standard InChI is InChI=1S/C14H24BrN3/c1-4-8-16-10-14(6-7-14)9-12-13(15)11(5-2)17-18(12)3/h16H,4-10H2,1-3H3. The van der Waals surface area contributed by atoms with Crippen LogP contribution in [0.1, 0.15) is 44.5 Å². The molecule has 0 aromatic carbocycles. The summed E-state index contributed by atoms with van der Waals surface area (Å²) in [5.41, 5.74) is 3.05. The Labute approximate surface area is 118 Å². The van der Waals surface area contributed by atoms with E-state index in [9.17, 15) is 0 Å². The molecule has 0 aliphatic heterocycles. The van der Waals surface area contributed by atoms with Gasteiger partial charge in [-0.1, -0.05) is 13.8 Å². The topological polar surface area (TPSA) is 29.9 Å². The van der Waals surface area contributed by atoms with Gasteiger partial charge in [0, 0.05) is 13.6 Å². The molecular weight excluding hydrogens is 290 g/mol. The smallest absolute Gasteiger partial charge is 0.0766 e. The van der Waals surface area contributed by atoms with Crippen LogP contribution in [0.25, 0.3) is 0 Å². The van der Waals surface area contributed by atoms with Crippen molar-refractivity contribution in [3.8, 4) is 0 Å². The quantitative estimate of drug-likeness (QED) is 0.784. The predicted octanol–water partition coefficient (Wildman–Crippen LogP) is 3.07. The maximum atomic E-state index is 4.59. The van der Waals surface area contributed by atoms with Gasteiger partial charge in [-0.3, -0.25) is 4.68 Å². The summed E-state index contributed by atoms with van der Waals surface area (Å²) >= 11 is 3.72. The molecule has 3 nitrogen and oxygen atoms in total. The van der Waals surface area contributed by atoms with Gasteiger partial charge in [0.1, 0.15) is 0 Å². The van der Waals surface area contributed by atoms with Crippen LogP contribution in [-0.4, -0.2) is 22.9 Å². The molecule has 2 rings (SSSR count). The zero-order valence-electron chi connectivity index (χ0n) is 11.7. The number of nitrogens with zero attached hydrogens (tertiary/aromatic N) is 2. The number of hydrogen-bond donors (Lipinski definition) is 1. The molecule has 4 heteroatoms. The minimum atomic E-state index is 0.497. The first-order chi connectivity index (χ1) is 8.62. The molecule has 1 N–H and O–H groups in total. The lowest BCUT2D eigenvalue weighted by atomic mass is 9.99. The van der Waals surface area contributed by atoms with Crippen molar-refractivity contribution in [2.75, 3.05) is 13.1 Å². The molecule has 1 heterocycles. The van der Waals surface area contributed by atoms with Crippen molar-refractivity contribution in [1.29, 1.82) is 0 Å². The van der Waals surface area contributed by atoms with Crippen molar-refractivity contribution in [2.45, 2.75) is 46.0 Å². The average molecular weight is 314 g/mol. The van der Waals surface area contributed by atoms with Gasteiger partial charge in [0.05, 0.1) is 15.9 Å². The fourth-order valence-electron chi connectivity index (χ4n) is 2.49. The van der Waals surface area contributed by atoms with Crippen LogP contribution >= 0.6 is 15.9 Å². The molecule has 18 heavy (non-hydrogen) atoms. The van der Waals surface area contributed by atoms with Gasteiger partial charge in [-0.2, -0.15) is 5.10 Å². The van der Waals surface area contributed by atoms with Gasteiger partial charge in [0.15, 0.2) is 0 Å². The molecule has 1 fully saturated rings. The molecule has 0 unspecified atom stereocenters. The van der Waals surface area contributed by atoms with Gasteiger partial charge in [0.2, 0.25) is 0 Å². The number of hydrogen-bond acceptors (Lipinski definition) is 2. The predicted molar refractivity (Wildman–Crippen MR) is 78.8 cm³/mol. The van der Waals surface area contributed by atoms with Crippen molar-refractivity contribution in [1.82, 2.24) is 15.1 Å². The van der Waals surface area contributed by atoms with E-state index in [0.29, 0.717) is 5.41 Å². The van der Waals surface area contributed by atoms with E-state index >= 15 is 0 Å². The summed E-state index contributed by atoms with van der Waals surface area (Å²) in [6.07, 6.45) is 6.06. The second kappa shape index (κ2) is 5.74. The number of aromatic nitrogens is 2. The molecule has 0 bridgehead atoms. The summed E-state index contributed by atoms with van der Waals surface area (Å²) < 4.78 is 3.29. The molecule has 102 valence electrons. The molecule has 1 aromatic heterocycles. The summed E-state index contributed by atoms with van der Waals surface area (Å²) in [6.45, 7) is 6.67. The fourth-order valence-corrected chi connectivity index (χ4v) is 3.25. The summed E-state index contributed by atoms with van der Waals surface area (Å²) in [4.78, 5) is 0. The second-order valence-electron chi connectivity index (χ2n) is 5.54. The highest BCUT2D eigenvalue weighted by Gasteiger charge is 2.43. The highest BCUT2D eigenvalue weighted by molar-refractivity contribution is 9.10. The van der Waals surface area contributed by atoms with Crippen LogP contribution in [-0.2, 0) is 19.9 Å². The molecular formula is C14H24BrN3. The molecule has 1 aliphatic carbocycles. The Morgan fingerprint density at radius 2 is 2.11 bits per heavy atom. The van der Waals surface area contributed by atoms with Crippen LogP contribution in [0.15, 0.2) is 4.47 Å². The van der Waals surface area contributed by atoms with Crippen LogP contribution in [0.2, 0.25) is 0 Å². The van der Waals surface area contributed by atoms with E-state index in [0.717, 1.165) is 25.9 Å². The second-order valence-corrected chi connectivity index (χ2v) is 6.33. The molecule has 0 radical (unpaired) electrons. The third-order valence-electron chi connectivity index (χ3n) is 3.93. The maximum Gasteiger partial charge on any atom is 0.0766 e. The Morgan fingerprint density at radius 3 is 2.61 bits per heavy atom. The van der Waals surface area contributed by atoms with E-state index in [-0.39, 0.29) is 0 Å². The fraction of sp³-hybridized carbons (Fsp3) is 0.786. The Bertz CT molecular complexity index is 407. The van der Waals surface area contributed by atoms with Crippen molar-refractivity contribution in [3.05, 3.63) is 15.9 Å². The zero-order chi connectivity index (χ0) is 13.2. The van der Waals surface area contributed by atoms with E-state index < -0.39 is 0 Å². The highest BCUT2D eigenvalue weighted by Crippen LogP contribution is 2.48. The summed E-state index contributed by atoms with van der Waals surface area (Å²) in [7, 11) is 2.06. The van der Waals surface area contributed by atoms with Gasteiger partial charge >= 0.3 is 0 Å². The minimum absolute atomic E-state index is 0.497. The zero-order valence-corrected chi connectivity index (χ0v) is 13.3. The Kier molecular flexibility index (Phi) is 4.49. The SMILES string of the molecule is CCCNCC1(Cc2c(Br)c(CC)nn2C)CC1. The average Bonchev–Trinajstić information content (AvgIpc) is 3.07. The Hall–Kier alpha value is -0.350. The lowest BCUT2D eigenvalue weighted by molar-refractivity contribution is 0.442. The number of rotatable bonds is 7. The van der Waals surface area contributed by atoms with E-state index in [1.165, 1.54) is 35.1 Å². The molecule has 0 atom stereocenters. The lowest BCUT2D eigenvalue weighted by Gasteiger charge is -2.16. The monoisotopic (exact) mass is 313 g/mol. The van der Waals surface area contributed by atoms with Gasteiger partial charge < -0.3 is 5.32 Å². The third kappa shape index (κ3) is 2.97. The van der Waals surface area contributed by atoms with Gasteiger partial charge in [0.25, 0.3) is 0 Å². The number of halogens is 1. The molecule has 1 saturated carbocycles. The maximum absolute atomic E-state index is 4.59. The van der Waals surface area contributed by atoms with Gasteiger partial charge in [-0.15, -0.1) is 0 Å². The van der Waals surface area contributed by atoms with Crippen LogP contribution in [0.4, 0.5) is 0 Å². The van der Waals surface area contributed by atoms with Crippen molar-refractivity contribution in [2.24, 2.45) is 12.5 Å². The van der Waals surface area contributed by atoms with Gasteiger partial charge in [-0.25, -0.2) is 0 Å². The van der Waals surface area contributed by atoms with Crippen molar-refractivity contribution >= 4 is 15.9 Å². The molecule has 0 spiro atoms.